The van der Waals surface area contributed by atoms with Crippen molar-refractivity contribution in [1.82, 2.24) is 5.32 Å². The maximum absolute atomic E-state index is 9.72. The Hall–Kier alpha value is -1.06. The minimum atomic E-state index is 0.151. The predicted molar refractivity (Wildman–Crippen MR) is 63.5 cm³/mol. The molecule has 2 rings (SSSR count). The molecule has 0 saturated heterocycles. The summed E-state index contributed by atoms with van der Waals surface area (Å²) in [6.45, 7) is 2.23. The van der Waals surface area contributed by atoms with E-state index in [4.69, 9.17) is 0 Å². The van der Waals surface area contributed by atoms with Crippen molar-refractivity contribution in [3.63, 3.8) is 0 Å². The summed E-state index contributed by atoms with van der Waals surface area (Å²) < 4.78 is 0. The zero-order valence-electron chi connectivity index (χ0n) is 9.61. The van der Waals surface area contributed by atoms with E-state index in [0.717, 1.165) is 24.8 Å². The van der Waals surface area contributed by atoms with E-state index in [9.17, 15) is 10.2 Å². The highest BCUT2D eigenvalue weighted by molar-refractivity contribution is 5.44. The lowest BCUT2D eigenvalue weighted by atomic mass is 10.1. The molecule has 0 amide bonds. The lowest BCUT2D eigenvalue weighted by Gasteiger charge is -2.20. The summed E-state index contributed by atoms with van der Waals surface area (Å²) in [5.74, 6) is 0.402. The van der Waals surface area contributed by atoms with E-state index >= 15 is 0 Å². The lowest BCUT2D eigenvalue weighted by Crippen LogP contribution is -2.34. The van der Waals surface area contributed by atoms with Crippen molar-refractivity contribution >= 4 is 0 Å². The van der Waals surface area contributed by atoms with Gasteiger partial charge in [-0.3, -0.25) is 0 Å². The van der Waals surface area contributed by atoms with Crippen LogP contribution < -0.4 is 5.32 Å². The minimum absolute atomic E-state index is 0.151. The number of aromatic hydroxyl groups is 1. The zero-order valence-corrected chi connectivity index (χ0v) is 9.61. The molecule has 1 aliphatic carbocycles. The molecule has 0 heterocycles. The van der Waals surface area contributed by atoms with Crippen LogP contribution in [0.3, 0.4) is 0 Å². The van der Waals surface area contributed by atoms with Gasteiger partial charge in [-0.1, -0.05) is 19.1 Å². The van der Waals surface area contributed by atoms with Crippen LogP contribution in [-0.4, -0.2) is 22.9 Å². The number of fused-ring (bicyclic) bond motifs is 1. The van der Waals surface area contributed by atoms with E-state index in [2.05, 4.69) is 18.3 Å². The van der Waals surface area contributed by atoms with Crippen LogP contribution in [0.2, 0.25) is 0 Å². The van der Waals surface area contributed by atoms with Gasteiger partial charge in [0.15, 0.2) is 0 Å². The molecule has 3 heteroatoms. The SMILES string of the molecule is CCC(CO)NC1CCc2c(O)cccc21. The van der Waals surface area contributed by atoms with Gasteiger partial charge in [-0.25, -0.2) is 0 Å². The highest BCUT2D eigenvalue weighted by Gasteiger charge is 2.25. The largest absolute Gasteiger partial charge is 0.508 e. The van der Waals surface area contributed by atoms with Crippen molar-refractivity contribution in [1.29, 1.82) is 0 Å². The molecule has 88 valence electrons. The monoisotopic (exact) mass is 221 g/mol. The number of aliphatic hydroxyl groups excluding tert-OH is 1. The summed E-state index contributed by atoms with van der Waals surface area (Å²) in [6.07, 6.45) is 2.84. The van der Waals surface area contributed by atoms with Gasteiger partial charge in [-0.15, -0.1) is 0 Å². The molecule has 2 unspecified atom stereocenters. The van der Waals surface area contributed by atoms with Crippen LogP contribution in [0.15, 0.2) is 18.2 Å². The summed E-state index contributed by atoms with van der Waals surface area (Å²) >= 11 is 0. The maximum atomic E-state index is 9.72. The van der Waals surface area contributed by atoms with Crippen molar-refractivity contribution in [3.8, 4) is 5.75 Å². The fraction of sp³-hybridized carbons (Fsp3) is 0.538. The number of benzene rings is 1. The molecule has 16 heavy (non-hydrogen) atoms. The van der Waals surface area contributed by atoms with Crippen molar-refractivity contribution in [3.05, 3.63) is 29.3 Å². The quantitative estimate of drug-likeness (QED) is 0.726. The van der Waals surface area contributed by atoms with Gasteiger partial charge in [0.2, 0.25) is 0 Å². The van der Waals surface area contributed by atoms with Crippen molar-refractivity contribution in [2.75, 3.05) is 6.61 Å². The first-order valence-corrected chi connectivity index (χ1v) is 5.94. The van der Waals surface area contributed by atoms with Gasteiger partial charge in [0.1, 0.15) is 5.75 Å². The van der Waals surface area contributed by atoms with Crippen LogP contribution in [0.25, 0.3) is 0 Å². The summed E-state index contributed by atoms with van der Waals surface area (Å²) in [4.78, 5) is 0. The van der Waals surface area contributed by atoms with Crippen LogP contribution >= 0.6 is 0 Å². The molecule has 0 aliphatic heterocycles. The van der Waals surface area contributed by atoms with E-state index in [1.807, 2.05) is 6.07 Å². The molecule has 0 saturated carbocycles. The molecule has 2 atom stereocenters. The number of aliphatic hydroxyl groups is 1. The second-order valence-corrected chi connectivity index (χ2v) is 4.39. The van der Waals surface area contributed by atoms with Crippen molar-refractivity contribution in [2.45, 2.75) is 38.3 Å². The van der Waals surface area contributed by atoms with Gasteiger partial charge < -0.3 is 15.5 Å². The Morgan fingerprint density at radius 1 is 1.50 bits per heavy atom. The van der Waals surface area contributed by atoms with Crippen LogP contribution in [0, 0.1) is 0 Å². The summed E-state index contributed by atoms with van der Waals surface area (Å²) in [5.41, 5.74) is 2.25. The van der Waals surface area contributed by atoms with E-state index < -0.39 is 0 Å². The van der Waals surface area contributed by atoms with Crippen LogP contribution in [0.5, 0.6) is 5.75 Å². The van der Waals surface area contributed by atoms with Crippen molar-refractivity contribution in [2.24, 2.45) is 0 Å². The molecule has 1 aliphatic rings. The Kier molecular flexibility index (Phi) is 3.46. The number of phenolic OH excluding ortho intramolecular Hbond substituents is 1. The van der Waals surface area contributed by atoms with E-state index in [-0.39, 0.29) is 18.7 Å². The topological polar surface area (TPSA) is 52.5 Å². The third kappa shape index (κ3) is 2.06. The van der Waals surface area contributed by atoms with Crippen LogP contribution in [-0.2, 0) is 6.42 Å². The van der Waals surface area contributed by atoms with Gasteiger partial charge in [0.05, 0.1) is 6.61 Å². The van der Waals surface area contributed by atoms with Gasteiger partial charge in [-0.2, -0.15) is 0 Å². The average Bonchev–Trinajstić information content (AvgIpc) is 2.71. The summed E-state index contributed by atoms with van der Waals surface area (Å²) in [6, 6.07) is 6.11. The highest BCUT2D eigenvalue weighted by atomic mass is 16.3. The summed E-state index contributed by atoms with van der Waals surface area (Å²) in [5, 5.41) is 22.3. The van der Waals surface area contributed by atoms with Gasteiger partial charge >= 0.3 is 0 Å². The molecule has 0 bridgehead atoms. The van der Waals surface area contributed by atoms with Gasteiger partial charge in [0.25, 0.3) is 0 Å². The number of hydrogen-bond acceptors (Lipinski definition) is 3. The number of phenols is 1. The molecular weight excluding hydrogens is 202 g/mol. The first-order valence-electron chi connectivity index (χ1n) is 5.94. The number of hydrogen-bond donors (Lipinski definition) is 3. The molecule has 0 spiro atoms. The molecule has 0 radical (unpaired) electrons. The smallest absolute Gasteiger partial charge is 0.119 e. The molecule has 1 aromatic carbocycles. The molecule has 3 N–H and O–H groups in total. The molecule has 3 nitrogen and oxygen atoms in total. The van der Waals surface area contributed by atoms with Crippen LogP contribution in [0.1, 0.15) is 36.9 Å². The third-order valence-electron chi connectivity index (χ3n) is 3.40. The Balaban J connectivity index is 2.14. The van der Waals surface area contributed by atoms with Crippen LogP contribution in [0.4, 0.5) is 0 Å². The normalized spacial score (nSPS) is 20.8. The molecule has 1 aromatic rings. The standard InChI is InChI=1S/C13H19NO2/c1-2-9(8-15)14-12-7-6-11-10(12)4-3-5-13(11)16/h3-5,9,12,14-16H,2,6-8H2,1H3. The lowest BCUT2D eigenvalue weighted by molar-refractivity contribution is 0.227. The first-order chi connectivity index (χ1) is 7.76. The Morgan fingerprint density at radius 2 is 2.31 bits per heavy atom. The van der Waals surface area contributed by atoms with Gasteiger partial charge in [-0.05, 0) is 36.5 Å². The average molecular weight is 221 g/mol. The number of rotatable bonds is 4. The number of nitrogens with one attached hydrogen (secondary N) is 1. The Labute approximate surface area is 96.1 Å². The fourth-order valence-corrected chi connectivity index (χ4v) is 2.39. The minimum Gasteiger partial charge on any atom is -0.508 e. The Morgan fingerprint density at radius 3 is 3.00 bits per heavy atom. The zero-order chi connectivity index (χ0) is 11.5. The van der Waals surface area contributed by atoms with E-state index in [0.29, 0.717) is 5.75 Å². The predicted octanol–water partition coefficient (Wildman–Crippen LogP) is 1.74. The fourth-order valence-electron chi connectivity index (χ4n) is 2.39. The molecule has 0 aromatic heterocycles. The first kappa shape index (κ1) is 11.4. The third-order valence-corrected chi connectivity index (χ3v) is 3.40. The highest BCUT2D eigenvalue weighted by Crippen LogP contribution is 2.36. The van der Waals surface area contributed by atoms with Crippen molar-refractivity contribution < 1.29 is 10.2 Å². The Bertz CT molecular complexity index is 361. The van der Waals surface area contributed by atoms with E-state index in [1.165, 1.54) is 5.56 Å². The molecular formula is C13H19NO2. The van der Waals surface area contributed by atoms with Gasteiger partial charge in [0, 0.05) is 12.1 Å². The van der Waals surface area contributed by atoms with E-state index in [1.54, 1.807) is 6.07 Å². The summed E-state index contributed by atoms with van der Waals surface area (Å²) in [7, 11) is 0. The maximum Gasteiger partial charge on any atom is 0.119 e. The second-order valence-electron chi connectivity index (χ2n) is 4.39. The second kappa shape index (κ2) is 4.85. The molecule has 0 fully saturated rings.